The van der Waals surface area contributed by atoms with Gasteiger partial charge in [0.25, 0.3) is 0 Å². The molecule has 11 heteroatoms. The van der Waals surface area contributed by atoms with E-state index in [0.717, 1.165) is 56.6 Å². The molecule has 0 atom stereocenters. The average Bonchev–Trinajstić information content (AvgIpc) is 3.05. The van der Waals surface area contributed by atoms with Crippen LogP contribution in [0.15, 0.2) is 83.8 Å². The number of urea groups is 1. The fraction of sp³-hybridized carbons (Fsp3) is 0.412. The van der Waals surface area contributed by atoms with Crippen molar-refractivity contribution in [1.29, 1.82) is 0 Å². The quantitative estimate of drug-likeness (QED) is 0.280. The maximum Gasteiger partial charge on any atom is 0.326 e. The number of likely N-dealkylation sites (tertiary alicyclic amines) is 1. The number of para-hydroxylation sites is 1. The van der Waals surface area contributed by atoms with Gasteiger partial charge in [-0.25, -0.2) is 17.6 Å². The first-order valence-corrected chi connectivity index (χ1v) is 17.1. The number of aliphatic carboxylic acids is 1. The van der Waals surface area contributed by atoms with Crippen LogP contribution in [-0.2, 0) is 21.2 Å². The van der Waals surface area contributed by atoms with Crippen LogP contribution in [-0.4, -0.2) is 74.0 Å². The van der Waals surface area contributed by atoms with E-state index in [1.54, 1.807) is 29.2 Å². The van der Waals surface area contributed by atoms with E-state index >= 15 is 0 Å². The molecule has 3 aromatic carbocycles. The highest BCUT2D eigenvalue weighted by molar-refractivity contribution is 7.89. The summed E-state index contributed by atoms with van der Waals surface area (Å²) < 4.78 is 40.9. The molecule has 240 valence electrons. The summed E-state index contributed by atoms with van der Waals surface area (Å²) in [6, 6.07) is 22.2. The van der Waals surface area contributed by atoms with Gasteiger partial charge in [0.05, 0.1) is 10.8 Å². The first-order valence-electron chi connectivity index (χ1n) is 15.6. The predicted molar refractivity (Wildman–Crippen MR) is 172 cm³/mol. The summed E-state index contributed by atoms with van der Waals surface area (Å²) in [5, 5.41) is 12.1. The molecule has 0 radical (unpaired) electrons. The summed E-state index contributed by atoms with van der Waals surface area (Å²) in [7, 11) is -3.63. The van der Waals surface area contributed by atoms with Gasteiger partial charge in [0.2, 0.25) is 10.0 Å². The first-order chi connectivity index (χ1) is 21.7. The van der Waals surface area contributed by atoms with Gasteiger partial charge in [0, 0.05) is 31.0 Å². The molecule has 0 unspecified atom stereocenters. The smallest absolute Gasteiger partial charge is 0.326 e. The summed E-state index contributed by atoms with van der Waals surface area (Å²) in [4.78, 5) is 28.8. The molecular weight excluding hydrogens is 595 g/mol. The molecule has 0 aromatic heterocycles. The summed E-state index contributed by atoms with van der Waals surface area (Å²) in [5.74, 6) is -1.18. The van der Waals surface area contributed by atoms with Gasteiger partial charge < -0.3 is 15.3 Å². The molecule has 9 nitrogen and oxygen atoms in total. The van der Waals surface area contributed by atoms with Gasteiger partial charge >= 0.3 is 12.0 Å². The molecule has 2 amide bonds. The van der Waals surface area contributed by atoms with Crippen LogP contribution >= 0.6 is 0 Å². The Kier molecular flexibility index (Phi) is 10.9. The summed E-state index contributed by atoms with van der Waals surface area (Å²) >= 11 is 0. The van der Waals surface area contributed by atoms with E-state index < -0.39 is 21.9 Å². The van der Waals surface area contributed by atoms with Gasteiger partial charge in [0.1, 0.15) is 5.82 Å². The number of sulfonamides is 1. The Bertz CT molecular complexity index is 1520. The van der Waals surface area contributed by atoms with Crippen LogP contribution in [0.5, 0.6) is 0 Å². The molecule has 2 aliphatic rings. The predicted octanol–water partition coefficient (Wildman–Crippen LogP) is 5.69. The van der Waals surface area contributed by atoms with Gasteiger partial charge in [-0.2, -0.15) is 4.31 Å². The minimum atomic E-state index is -3.63. The second-order valence-corrected chi connectivity index (χ2v) is 13.9. The van der Waals surface area contributed by atoms with E-state index in [4.69, 9.17) is 0 Å². The number of nitrogens with zero attached hydrogens (tertiary/aromatic N) is 3. The zero-order valence-electron chi connectivity index (χ0n) is 25.4. The van der Waals surface area contributed by atoms with Crippen molar-refractivity contribution < 1.29 is 27.5 Å². The molecule has 2 heterocycles. The Hall–Kier alpha value is -3.80. The zero-order chi connectivity index (χ0) is 31.8. The van der Waals surface area contributed by atoms with Crippen LogP contribution in [0.4, 0.5) is 20.6 Å². The minimum absolute atomic E-state index is 0.229. The molecule has 0 aliphatic carbocycles. The van der Waals surface area contributed by atoms with Gasteiger partial charge in [-0.15, -0.1) is 0 Å². The lowest BCUT2D eigenvalue weighted by Gasteiger charge is -2.33. The van der Waals surface area contributed by atoms with Crippen LogP contribution in [0.25, 0.3) is 0 Å². The summed E-state index contributed by atoms with van der Waals surface area (Å²) in [5.41, 5.74) is 2.46. The Balaban J connectivity index is 1.07. The molecule has 2 aliphatic heterocycles. The summed E-state index contributed by atoms with van der Waals surface area (Å²) in [6.07, 6.45) is 4.47. The molecule has 2 fully saturated rings. The molecule has 3 aromatic rings. The first kappa shape index (κ1) is 32.6. The number of amides is 2. The molecule has 45 heavy (non-hydrogen) atoms. The molecule has 2 saturated heterocycles. The van der Waals surface area contributed by atoms with Crippen molar-refractivity contribution >= 4 is 33.4 Å². The second-order valence-electron chi connectivity index (χ2n) is 11.9. The molecule has 0 spiro atoms. The fourth-order valence-electron chi connectivity index (χ4n) is 6.17. The monoisotopic (exact) mass is 636 g/mol. The van der Waals surface area contributed by atoms with Crippen molar-refractivity contribution in [3.05, 3.63) is 90.2 Å². The van der Waals surface area contributed by atoms with Crippen molar-refractivity contribution in [3.63, 3.8) is 0 Å². The molecule has 0 bridgehead atoms. The number of carboxylic acids is 1. The highest BCUT2D eigenvalue weighted by Crippen LogP contribution is 2.26. The van der Waals surface area contributed by atoms with Gasteiger partial charge in [0.15, 0.2) is 0 Å². The van der Waals surface area contributed by atoms with Crippen LogP contribution in [0, 0.1) is 17.7 Å². The van der Waals surface area contributed by atoms with Crippen molar-refractivity contribution in [1.82, 2.24) is 9.21 Å². The highest BCUT2D eigenvalue weighted by Gasteiger charge is 2.32. The lowest BCUT2D eigenvalue weighted by Crippen LogP contribution is -2.40. The van der Waals surface area contributed by atoms with E-state index in [1.807, 2.05) is 42.5 Å². The van der Waals surface area contributed by atoms with Crippen molar-refractivity contribution in [3.8, 4) is 0 Å². The average molecular weight is 637 g/mol. The third-order valence-electron chi connectivity index (χ3n) is 8.86. The number of carboxylic acid groups (broad SMARTS) is 1. The van der Waals surface area contributed by atoms with Gasteiger partial charge in [-0.3, -0.25) is 9.69 Å². The number of hydrogen-bond acceptors (Lipinski definition) is 5. The minimum Gasteiger partial charge on any atom is -0.481 e. The maximum atomic E-state index is 13.3. The molecule has 5 rings (SSSR count). The maximum absolute atomic E-state index is 13.3. The highest BCUT2D eigenvalue weighted by atomic mass is 32.2. The van der Waals surface area contributed by atoms with E-state index in [1.165, 1.54) is 16.4 Å². The fourth-order valence-corrected chi connectivity index (χ4v) is 7.64. The second kappa shape index (κ2) is 15.0. The molecule has 2 N–H and O–H groups in total. The molecule has 0 saturated carbocycles. The topological polar surface area (TPSA) is 110 Å². The third-order valence-corrected chi connectivity index (χ3v) is 10.8. The lowest BCUT2D eigenvalue weighted by atomic mass is 9.90. The standard InChI is InChI=1S/C34H41FN4O5S/c35-29-9-11-30(12-10-29)36-34(42)39(31-5-2-1-3-6-31)20-4-19-37-21-15-27(16-22-37)25-26-7-13-32(14-8-26)45(43,44)38-23-17-28(18-24-38)33(40)41/h1-3,5-14,27-28H,4,15-25H2,(H,36,42)(H,40,41). The number of benzene rings is 3. The Morgan fingerprint density at radius 2 is 1.51 bits per heavy atom. The van der Waals surface area contributed by atoms with Crippen LogP contribution in [0.3, 0.4) is 0 Å². The Morgan fingerprint density at radius 3 is 2.13 bits per heavy atom. The number of nitrogens with one attached hydrogen (secondary N) is 1. The molecular formula is C34H41FN4O5S. The van der Waals surface area contributed by atoms with Gasteiger partial charge in [-0.1, -0.05) is 30.3 Å². The SMILES string of the molecule is O=C(O)C1CCN(S(=O)(=O)c2ccc(CC3CCN(CCCN(C(=O)Nc4ccc(F)cc4)c4ccccc4)CC3)cc2)CC1. The normalized spacial score (nSPS) is 17.2. The number of piperidine rings is 2. The number of halogens is 1. The number of carbonyl (C=O) groups is 2. The zero-order valence-corrected chi connectivity index (χ0v) is 26.2. The third kappa shape index (κ3) is 8.68. The summed E-state index contributed by atoms with van der Waals surface area (Å²) in [6.45, 7) is 3.81. The van der Waals surface area contributed by atoms with Crippen molar-refractivity contribution in [2.45, 2.75) is 43.4 Å². The van der Waals surface area contributed by atoms with Crippen molar-refractivity contribution in [2.24, 2.45) is 11.8 Å². The number of rotatable bonds is 11. The van der Waals surface area contributed by atoms with Crippen molar-refractivity contribution in [2.75, 3.05) is 49.5 Å². The van der Waals surface area contributed by atoms with Crippen LogP contribution in [0.2, 0.25) is 0 Å². The van der Waals surface area contributed by atoms with E-state index in [-0.39, 0.29) is 29.8 Å². The van der Waals surface area contributed by atoms with E-state index in [0.29, 0.717) is 31.0 Å². The number of carbonyl (C=O) groups excluding carboxylic acids is 1. The number of hydrogen-bond donors (Lipinski definition) is 2. The van der Waals surface area contributed by atoms with Crippen LogP contribution < -0.4 is 10.2 Å². The van der Waals surface area contributed by atoms with Crippen LogP contribution in [0.1, 0.15) is 37.7 Å². The number of anilines is 2. The van der Waals surface area contributed by atoms with Gasteiger partial charge in [-0.05, 0) is 118 Å². The van der Waals surface area contributed by atoms with E-state index in [9.17, 15) is 27.5 Å². The lowest BCUT2D eigenvalue weighted by molar-refractivity contribution is -0.142. The largest absolute Gasteiger partial charge is 0.481 e. The van der Waals surface area contributed by atoms with E-state index in [2.05, 4.69) is 10.2 Å². The Labute approximate surface area is 264 Å². The Morgan fingerprint density at radius 1 is 0.867 bits per heavy atom.